The fourth-order valence-electron chi connectivity index (χ4n) is 3.05. The van der Waals surface area contributed by atoms with Crippen LogP contribution >= 0.6 is 0 Å². The van der Waals surface area contributed by atoms with Crippen LogP contribution in [0.5, 0.6) is 11.5 Å². The van der Waals surface area contributed by atoms with E-state index in [9.17, 15) is 8.42 Å². The molecule has 0 atom stereocenters. The minimum Gasteiger partial charge on any atom is -0.495 e. The van der Waals surface area contributed by atoms with Crippen molar-refractivity contribution in [3.8, 4) is 11.5 Å². The molecule has 134 valence electrons. The zero-order valence-corrected chi connectivity index (χ0v) is 15.1. The molecule has 0 unspecified atom stereocenters. The Morgan fingerprint density at radius 3 is 2.40 bits per heavy atom. The molecule has 0 saturated heterocycles. The standard InChI is InChI=1S/C19H23NO4S/c1-23-18-13-15-7-5-6-8-16(15)14-19(18)25(21,22)20-11-12-24-17-9-3-2-4-10-17/h2-4,9-10,13-14,20H,5-8,11-12H2,1H3. The molecule has 2 aromatic rings. The molecule has 5 nitrogen and oxygen atoms in total. The molecule has 0 heterocycles. The smallest absolute Gasteiger partial charge is 0.244 e. The Morgan fingerprint density at radius 2 is 1.72 bits per heavy atom. The van der Waals surface area contributed by atoms with Crippen LogP contribution in [0.25, 0.3) is 0 Å². The van der Waals surface area contributed by atoms with Crippen LogP contribution in [0.4, 0.5) is 0 Å². The van der Waals surface area contributed by atoms with E-state index in [1.54, 1.807) is 6.07 Å². The SMILES string of the molecule is COc1cc2c(cc1S(=O)(=O)NCCOc1ccccc1)CCCC2. The van der Waals surface area contributed by atoms with Crippen LogP contribution in [-0.2, 0) is 22.9 Å². The highest BCUT2D eigenvalue weighted by Gasteiger charge is 2.22. The van der Waals surface area contributed by atoms with Gasteiger partial charge in [0.2, 0.25) is 10.0 Å². The highest BCUT2D eigenvalue weighted by molar-refractivity contribution is 7.89. The Balaban J connectivity index is 1.69. The maximum atomic E-state index is 12.7. The number of aryl methyl sites for hydroxylation is 2. The van der Waals surface area contributed by atoms with Gasteiger partial charge in [-0.3, -0.25) is 0 Å². The second-order valence-corrected chi connectivity index (χ2v) is 7.77. The fourth-order valence-corrected chi connectivity index (χ4v) is 4.26. The first kappa shape index (κ1) is 17.8. The molecule has 1 aliphatic carbocycles. The van der Waals surface area contributed by atoms with Gasteiger partial charge in [-0.25, -0.2) is 13.1 Å². The quantitative estimate of drug-likeness (QED) is 0.770. The average Bonchev–Trinajstić information content (AvgIpc) is 2.65. The van der Waals surface area contributed by atoms with Gasteiger partial charge in [0, 0.05) is 6.54 Å². The molecular weight excluding hydrogens is 338 g/mol. The van der Waals surface area contributed by atoms with Gasteiger partial charge in [0.25, 0.3) is 0 Å². The number of hydrogen-bond donors (Lipinski definition) is 1. The van der Waals surface area contributed by atoms with Crippen molar-refractivity contribution in [3.05, 3.63) is 53.6 Å². The zero-order chi connectivity index (χ0) is 17.7. The van der Waals surface area contributed by atoms with Crippen molar-refractivity contribution in [1.29, 1.82) is 0 Å². The lowest BCUT2D eigenvalue weighted by Crippen LogP contribution is -2.29. The third kappa shape index (κ3) is 4.32. The van der Waals surface area contributed by atoms with Crippen molar-refractivity contribution in [3.63, 3.8) is 0 Å². The Labute approximate surface area is 149 Å². The van der Waals surface area contributed by atoms with Gasteiger partial charge >= 0.3 is 0 Å². The molecule has 0 aliphatic heterocycles. The lowest BCUT2D eigenvalue weighted by molar-refractivity contribution is 0.322. The van der Waals surface area contributed by atoms with E-state index in [2.05, 4.69) is 4.72 Å². The Hall–Kier alpha value is -2.05. The van der Waals surface area contributed by atoms with E-state index in [4.69, 9.17) is 9.47 Å². The third-order valence-electron chi connectivity index (χ3n) is 4.32. The highest BCUT2D eigenvalue weighted by atomic mass is 32.2. The highest BCUT2D eigenvalue weighted by Crippen LogP contribution is 2.31. The minimum absolute atomic E-state index is 0.192. The van der Waals surface area contributed by atoms with Gasteiger partial charge in [-0.2, -0.15) is 0 Å². The second kappa shape index (κ2) is 7.89. The largest absolute Gasteiger partial charge is 0.495 e. The molecule has 1 aliphatic rings. The molecule has 0 amide bonds. The molecule has 2 aromatic carbocycles. The number of ether oxygens (including phenoxy) is 2. The lowest BCUT2D eigenvalue weighted by atomic mass is 9.92. The molecule has 3 rings (SSSR count). The first-order valence-corrected chi connectivity index (χ1v) is 9.96. The summed E-state index contributed by atoms with van der Waals surface area (Å²) in [6, 6.07) is 12.9. The van der Waals surface area contributed by atoms with Crippen LogP contribution in [0, 0.1) is 0 Å². The van der Waals surface area contributed by atoms with Crippen LogP contribution < -0.4 is 14.2 Å². The fraction of sp³-hybridized carbons (Fsp3) is 0.368. The molecule has 0 bridgehead atoms. The van der Waals surface area contributed by atoms with E-state index in [0.29, 0.717) is 11.5 Å². The summed E-state index contributed by atoms with van der Waals surface area (Å²) in [6.07, 6.45) is 4.12. The predicted molar refractivity (Wildman–Crippen MR) is 96.8 cm³/mol. The Bertz CT molecular complexity index is 819. The number of methoxy groups -OCH3 is 1. The van der Waals surface area contributed by atoms with Crippen molar-refractivity contribution in [2.75, 3.05) is 20.3 Å². The molecule has 0 radical (unpaired) electrons. The van der Waals surface area contributed by atoms with E-state index >= 15 is 0 Å². The van der Waals surface area contributed by atoms with Gasteiger partial charge in [-0.1, -0.05) is 18.2 Å². The number of para-hydroxylation sites is 1. The number of fused-ring (bicyclic) bond motifs is 1. The Kier molecular flexibility index (Phi) is 5.60. The van der Waals surface area contributed by atoms with Crippen molar-refractivity contribution in [1.82, 2.24) is 4.72 Å². The van der Waals surface area contributed by atoms with Crippen molar-refractivity contribution in [2.24, 2.45) is 0 Å². The minimum atomic E-state index is -3.65. The summed E-state index contributed by atoms with van der Waals surface area (Å²) < 4.78 is 38.8. The summed E-state index contributed by atoms with van der Waals surface area (Å²) in [7, 11) is -2.14. The lowest BCUT2D eigenvalue weighted by Gasteiger charge is -2.19. The topological polar surface area (TPSA) is 64.6 Å². The van der Waals surface area contributed by atoms with E-state index in [0.717, 1.165) is 31.2 Å². The molecule has 25 heavy (non-hydrogen) atoms. The van der Waals surface area contributed by atoms with Crippen molar-refractivity contribution < 1.29 is 17.9 Å². The van der Waals surface area contributed by atoms with E-state index in [1.165, 1.54) is 12.7 Å². The van der Waals surface area contributed by atoms with E-state index in [-0.39, 0.29) is 18.0 Å². The molecule has 0 fully saturated rings. The number of benzene rings is 2. The first-order chi connectivity index (χ1) is 12.1. The molecule has 0 aromatic heterocycles. The van der Waals surface area contributed by atoms with Gasteiger partial charge in [-0.05, 0) is 61.1 Å². The molecule has 0 saturated carbocycles. The average molecular weight is 361 g/mol. The summed E-state index contributed by atoms with van der Waals surface area (Å²) in [5, 5.41) is 0. The summed E-state index contributed by atoms with van der Waals surface area (Å²) in [6.45, 7) is 0.452. The van der Waals surface area contributed by atoms with Crippen molar-refractivity contribution in [2.45, 2.75) is 30.6 Å². The summed E-state index contributed by atoms with van der Waals surface area (Å²) >= 11 is 0. The number of sulfonamides is 1. The van der Waals surface area contributed by atoms with Gasteiger partial charge in [0.05, 0.1) is 7.11 Å². The number of nitrogens with one attached hydrogen (secondary N) is 1. The van der Waals surface area contributed by atoms with Crippen LogP contribution in [0.3, 0.4) is 0 Å². The third-order valence-corrected chi connectivity index (χ3v) is 5.81. The molecule has 6 heteroatoms. The number of rotatable bonds is 7. The van der Waals surface area contributed by atoms with Crippen LogP contribution in [0.15, 0.2) is 47.4 Å². The normalized spacial score (nSPS) is 14.0. The molecule has 0 spiro atoms. The van der Waals surface area contributed by atoms with Gasteiger partial charge in [-0.15, -0.1) is 0 Å². The Morgan fingerprint density at radius 1 is 1.04 bits per heavy atom. The second-order valence-electron chi connectivity index (χ2n) is 6.04. The zero-order valence-electron chi connectivity index (χ0n) is 14.3. The summed E-state index contributed by atoms with van der Waals surface area (Å²) in [5.41, 5.74) is 2.29. The summed E-state index contributed by atoms with van der Waals surface area (Å²) in [5.74, 6) is 1.12. The van der Waals surface area contributed by atoms with Crippen LogP contribution in [0.2, 0.25) is 0 Å². The van der Waals surface area contributed by atoms with E-state index < -0.39 is 10.0 Å². The van der Waals surface area contributed by atoms with Crippen molar-refractivity contribution >= 4 is 10.0 Å². The first-order valence-electron chi connectivity index (χ1n) is 8.47. The van der Waals surface area contributed by atoms with E-state index in [1.807, 2.05) is 36.4 Å². The van der Waals surface area contributed by atoms with Gasteiger partial charge in [0.15, 0.2) is 0 Å². The van der Waals surface area contributed by atoms with Crippen LogP contribution in [-0.4, -0.2) is 28.7 Å². The van der Waals surface area contributed by atoms with Gasteiger partial charge in [0.1, 0.15) is 23.0 Å². The van der Waals surface area contributed by atoms with Crippen LogP contribution in [0.1, 0.15) is 24.0 Å². The number of hydrogen-bond acceptors (Lipinski definition) is 4. The molecule has 1 N–H and O–H groups in total. The maximum absolute atomic E-state index is 12.7. The predicted octanol–water partition coefficient (Wildman–Crippen LogP) is 2.93. The molecular formula is C19H23NO4S. The summed E-state index contributed by atoms with van der Waals surface area (Å²) in [4.78, 5) is 0.204. The maximum Gasteiger partial charge on any atom is 0.244 e. The van der Waals surface area contributed by atoms with Gasteiger partial charge < -0.3 is 9.47 Å². The monoisotopic (exact) mass is 361 g/mol.